The summed E-state index contributed by atoms with van der Waals surface area (Å²) in [6.45, 7) is 8.61. The fourth-order valence-electron chi connectivity index (χ4n) is 4.80. The first-order chi connectivity index (χ1) is 14.6. The molecule has 2 fully saturated rings. The lowest BCUT2D eigenvalue weighted by molar-refractivity contribution is -0.145. The van der Waals surface area contributed by atoms with Crippen LogP contribution in [-0.4, -0.2) is 85.9 Å². The van der Waals surface area contributed by atoms with Crippen LogP contribution >= 0.6 is 0 Å². The standard InChI is InChI=1S/C23H34N4O3/c1-2-30-23(29)18-25-10-9-22(20(17-25)4-3-15-28)27-13-11-26(12-14-27)21-7-5-19(16-24)6-8-21/h5-8,20,22,28H,2-4,9-15,17-18H2,1H3. The smallest absolute Gasteiger partial charge is 0.320 e. The van der Waals surface area contributed by atoms with Gasteiger partial charge in [-0.05, 0) is 56.4 Å². The molecule has 0 radical (unpaired) electrons. The van der Waals surface area contributed by atoms with Gasteiger partial charge < -0.3 is 14.7 Å². The van der Waals surface area contributed by atoms with Crippen LogP contribution in [0, 0.1) is 17.2 Å². The van der Waals surface area contributed by atoms with Crippen molar-refractivity contribution >= 4 is 11.7 Å². The van der Waals surface area contributed by atoms with E-state index in [4.69, 9.17) is 10.00 Å². The van der Waals surface area contributed by atoms with Crippen molar-refractivity contribution in [2.24, 2.45) is 5.92 Å². The zero-order valence-corrected chi connectivity index (χ0v) is 18.0. The fourth-order valence-corrected chi connectivity index (χ4v) is 4.80. The fraction of sp³-hybridized carbons (Fsp3) is 0.652. The van der Waals surface area contributed by atoms with Crippen molar-refractivity contribution in [1.29, 1.82) is 5.26 Å². The highest BCUT2D eigenvalue weighted by Gasteiger charge is 2.35. The number of nitriles is 1. The number of carbonyl (C=O) groups is 1. The molecule has 2 aliphatic rings. The van der Waals surface area contributed by atoms with Gasteiger partial charge in [-0.15, -0.1) is 0 Å². The van der Waals surface area contributed by atoms with Crippen molar-refractivity contribution in [2.75, 3.05) is 63.9 Å². The van der Waals surface area contributed by atoms with Crippen molar-refractivity contribution < 1.29 is 14.6 Å². The lowest BCUT2D eigenvalue weighted by atomic mass is 9.86. The van der Waals surface area contributed by atoms with Crippen LogP contribution in [0.3, 0.4) is 0 Å². The molecule has 2 heterocycles. The molecule has 2 atom stereocenters. The summed E-state index contributed by atoms with van der Waals surface area (Å²) in [7, 11) is 0. The molecule has 7 nitrogen and oxygen atoms in total. The number of rotatable bonds is 8. The Morgan fingerprint density at radius 1 is 1.20 bits per heavy atom. The van der Waals surface area contributed by atoms with Crippen molar-refractivity contribution in [3.8, 4) is 6.07 Å². The number of benzene rings is 1. The Morgan fingerprint density at radius 3 is 2.57 bits per heavy atom. The second-order valence-electron chi connectivity index (χ2n) is 8.20. The van der Waals surface area contributed by atoms with Gasteiger partial charge in [-0.25, -0.2) is 0 Å². The van der Waals surface area contributed by atoms with E-state index in [1.165, 1.54) is 5.69 Å². The van der Waals surface area contributed by atoms with Gasteiger partial charge in [-0.3, -0.25) is 14.6 Å². The molecular weight excluding hydrogens is 380 g/mol. The van der Waals surface area contributed by atoms with Crippen LogP contribution in [0.25, 0.3) is 0 Å². The van der Waals surface area contributed by atoms with Gasteiger partial charge in [0, 0.05) is 57.6 Å². The van der Waals surface area contributed by atoms with Crippen molar-refractivity contribution in [3.05, 3.63) is 29.8 Å². The Bertz CT molecular complexity index is 710. The molecular formula is C23H34N4O3. The number of ether oxygens (including phenoxy) is 1. The van der Waals surface area contributed by atoms with E-state index in [9.17, 15) is 9.90 Å². The topological polar surface area (TPSA) is 80.0 Å². The Labute approximate surface area is 179 Å². The molecule has 164 valence electrons. The highest BCUT2D eigenvalue weighted by molar-refractivity contribution is 5.71. The van der Waals surface area contributed by atoms with Crippen molar-refractivity contribution in [1.82, 2.24) is 9.80 Å². The molecule has 0 aliphatic carbocycles. The highest BCUT2D eigenvalue weighted by Crippen LogP contribution is 2.28. The maximum Gasteiger partial charge on any atom is 0.320 e. The van der Waals surface area contributed by atoms with E-state index in [1.807, 2.05) is 31.2 Å². The van der Waals surface area contributed by atoms with E-state index in [1.54, 1.807) is 0 Å². The van der Waals surface area contributed by atoms with Gasteiger partial charge >= 0.3 is 5.97 Å². The normalized spacial score (nSPS) is 23.2. The van der Waals surface area contributed by atoms with Gasteiger partial charge in [0.05, 0.1) is 24.8 Å². The third kappa shape index (κ3) is 5.94. The number of hydrogen-bond donors (Lipinski definition) is 1. The number of carbonyl (C=O) groups excluding carboxylic acids is 1. The molecule has 1 N–H and O–H groups in total. The summed E-state index contributed by atoms with van der Waals surface area (Å²) in [5.74, 6) is 0.315. The van der Waals surface area contributed by atoms with E-state index < -0.39 is 0 Å². The summed E-state index contributed by atoms with van der Waals surface area (Å²) >= 11 is 0. The van der Waals surface area contributed by atoms with E-state index in [0.717, 1.165) is 58.5 Å². The number of piperazine rings is 1. The predicted molar refractivity (Wildman–Crippen MR) is 116 cm³/mol. The average molecular weight is 415 g/mol. The van der Waals surface area contributed by atoms with Crippen molar-refractivity contribution in [2.45, 2.75) is 32.2 Å². The molecule has 30 heavy (non-hydrogen) atoms. The summed E-state index contributed by atoms with van der Waals surface area (Å²) in [6, 6.07) is 10.5. The molecule has 3 rings (SSSR count). The Morgan fingerprint density at radius 2 is 1.93 bits per heavy atom. The number of aliphatic hydroxyl groups excluding tert-OH is 1. The van der Waals surface area contributed by atoms with E-state index in [0.29, 0.717) is 30.7 Å². The average Bonchev–Trinajstić information content (AvgIpc) is 2.78. The second kappa shape index (κ2) is 11.3. The van der Waals surface area contributed by atoms with E-state index >= 15 is 0 Å². The molecule has 0 spiro atoms. The van der Waals surface area contributed by atoms with Crippen LogP contribution in [0.5, 0.6) is 0 Å². The maximum atomic E-state index is 11.9. The minimum atomic E-state index is -0.145. The predicted octanol–water partition coefficient (Wildman–Crippen LogP) is 1.71. The summed E-state index contributed by atoms with van der Waals surface area (Å²) in [4.78, 5) is 19.1. The Kier molecular flexibility index (Phi) is 8.50. The van der Waals surface area contributed by atoms with Crippen molar-refractivity contribution in [3.63, 3.8) is 0 Å². The number of hydrogen-bond acceptors (Lipinski definition) is 7. The first kappa shape index (κ1) is 22.5. The van der Waals surface area contributed by atoms with Gasteiger partial charge in [0.25, 0.3) is 0 Å². The number of nitrogens with zero attached hydrogens (tertiary/aromatic N) is 4. The first-order valence-electron chi connectivity index (χ1n) is 11.1. The Hall–Kier alpha value is -2.14. The minimum absolute atomic E-state index is 0.145. The molecule has 2 saturated heterocycles. The van der Waals surface area contributed by atoms with Gasteiger partial charge in [0.2, 0.25) is 0 Å². The summed E-state index contributed by atoms with van der Waals surface area (Å²) in [5.41, 5.74) is 1.87. The maximum absolute atomic E-state index is 11.9. The van der Waals surface area contributed by atoms with Gasteiger partial charge in [0.15, 0.2) is 0 Å². The minimum Gasteiger partial charge on any atom is -0.465 e. The van der Waals surface area contributed by atoms with Crippen LogP contribution in [0.15, 0.2) is 24.3 Å². The zero-order valence-electron chi connectivity index (χ0n) is 18.0. The number of anilines is 1. The molecule has 2 unspecified atom stereocenters. The lowest BCUT2D eigenvalue weighted by Gasteiger charge is -2.47. The first-order valence-corrected chi connectivity index (χ1v) is 11.1. The highest BCUT2D eigenvalue weighted by atomic mass is 16.5. The van der Waals surface area contributed by atoms with Gasteiger partial charge in [-0.1, -0.05) is 0 Å². The van der Waals surface area contributed by atoms with Crippen LogP contribution in [0.4, 0.5) is 5.69 Å². The Balaban J connectivity index is 1.56. The number of piperidine rings is 1. The second-order valence-corrected chi connectivity index (χ2v) is 8.20. The number of likely N-dealkylation sites (tertiary alicyclic amines) is 1. The SMILES string of the molecule is CCOC(=O)CN1CCC(N2CCN(c3ccc(C#N)cc3)CC2)C(CCCO)C1. The van der Waals surface area contributed by atoms with Crippen LogP contribution < -0.4 is 4.90 Å². The van der Waals surface area contributed by atoms with Crippen LogP contribution in [0.1, 0.15) is 31.7 Å². The van der Waals surface area contributed by atoms with Gasteiger partial charge in [0.1, 0.15) is 0 Å². The van der Waals surface area contributed by atoms with E-state index in [2.05, 4.69) is 20.8 Å². The zero-order chi connectivity index (χ0) is 21.3. The third-order valence-corrected chi connectivity index (χ3v) is 6.31. The largest absolute Gasteiger partial charge is 0.465 e. The number of aliphatic hydroxyl groups is 1. The summed E-state index contributed by atoms with van der Waals surface area (Å²) < 4.78 is 5.12. The van der Waals surface area contributed by atoms with Crippen LogP contribution in [-0.2, 0) is 9.53 Å². The molecule has 1 aromatic rings. The molecule has 0 bridgehead atoms. The molecule has 0 saturated carbocycles. The summed E-state index contributed by atoms with van der Waals surface area (Å²) in [6.07, 6.45) is 2.84. The van der Waals surface area contributed by atoms with E-state index in [-0.39, 0.29) is 12.6 Å². The molecule has 0 aromatic heterocycles. The quantitative estimate of drug-likeness (QED) is 0.649. The molecule has 7 heteroatoms. The molecule has 0 amide bonds. The number of esters is 1. The molecule has 2 aliphatic heterocycles. The lowest BCUT2D eigenvalue weighted by Crippen LogP contribution is -2.57. The molecule has 1 aromatic carbocycles. The monoisotopic (exact) mass is 414 g/mol. The van der Waals surface area contributed by atoms with Gasteiger partial charge in [-0.2, -0.15) is 5.26 Å². The van der Waals surface area contributed by atoms with Crippen LogP contribution in [0.2, 0.25) is 0 Å². The summed E-state index contributed by atoms with van der Waals surface area (Å²) in [5, 5.41) is 18.3. The third-order valence-electron chi connectivity index (χ3n) is 6.31.